The van der Waals surface area contributed by atoms with Gasteiger partial charge >= 0.3 is 0 Å². The minimum absolute atomic E-state index is 0.526. The minimum Gasteiger partial charge on any atom is -0.497 e. The van der Waals surface area contributed by atoms with Gasteiger partial charge in [-0.2, -0.15) is 0 Å². The molecule has 16 heavy (non-hydrogen) atoms. The van der Waals surface area contributed by atoms with Gasteiger partial charge in [0.2, 0.25) is 0 Å². The van der Waals surface area contributed by atoms with Crippen LogP contribution in [0.4, 0.5) is 0 Å². The molecule has 0 amide bonds. The van der Waals surface area contributed by atoms with E-state index in [9.17, 15) is 0 Å². The Morgan fingerprint density at radius 2 is 2.12 bits per heavy atom. The van der Waals surface area contributed by atoms with E-state index in [1.807, 2.05) is 12.1 Å². The van der Waals surface area contributed by atoms with E-state index in [-0.39, 0.29) is 0 Å². The summed E-state index contributed by atoms with van der Waals surface area (Å²) in [5.41, 5.74) is 1.39. The Kier molecular flexibility index (Phi) is 4.23. The summed E-state index contributed by atoms with van der Waals surface area (Å²) in [4.78, 5) is 0. The van der Waals surface area contributed by atoms with E-state index in [0.717, 1.165) is 18.8 Å². The zero-order valence-electron chi connectivity index (χ0n) is 9.95. The highest BCUT2D eigenvalue weighted by Crippen LogP contribution is 2.19. The SMILES string of the molecule is COc1ccc(CCCC2CCCO2)cc1. The summed E-state index contributed by atoms with van der Waals surface area (Å²) in [6, 6.07) is 8.35. The largest absolute Gasteiger partial charge is 0.497 e. The maximum atomic E-state index is 5.61. The fourth-order valence-electron chi connectivity index (χ4n) is 2.20. The Labute approximate surface area is 97.6 Å². The van der Waals surface area contributed by atoms with Gasteiger partial charge in [-0.1, -0.05) is 12.1 Å². The molecule has 1 atom stereocenters. The van der Waals surface area contributed by atoms with E-state index in [2.05, 4.69) is 12.1 Å². The maximum Gasteiger partial charge on any atom is 0.118 e. The third-order valence-electron chi connectivity index (χ3n) is 3.17. The average molecular weight is 220 g/mol. The molecule has 2 rings (SSSR count). The molecule has 1 saturated heterocycles. The molecule has 0 N–H and O–H groups in total. The minimum atomic E-state index is 0.526. The van der Waals surface area contributed by atoms with Gasteiger partial charge in [-0.25, -0.2) is 0 Å². The molecule has 1 aromatic rings. The van der Waals surface area contributed by atoms with Crippen LogP contribution in [0.15, 0.2) is 24.3 Å². The molecule has 0 aromatic heterocycles. The van der Waals surface area contributed by atoms with Crippen molar-refractivity contribution in [3.8, 4) is 5.75 Å². The molecule has 0 bridgehead atoms. The predicted octanol–water partition coefficient (Wildman–Crippen LogP) is 3.20. The van der Waals surface area contributed by atoms with Crippen molar-refractivity contribution in [1.82, 2.24) is 0 Å². The monoisotopic (exact) mass is 220 g/mol. The summed E-state index contributed by atoms with van der Waals surface area (Å²) in [5.74, 6) is 0.933. The van der Waals surface area contributed by atoms with Gasteiger partial charge in [0.15, 0.2) is 0 Å². The van der Waals surface area contributed by atoms with Gasteiger partial charge in [0.1, 0.15) is 5.75 Å². The lowest BCUT2D eigenvalue weighted by Crippen LogP contribution is -2.04. The summed E-state index contributed by atoms with van der Waals surface area (Å²) >= 11 is 0. The second-order valence-corrected chi connectivity index (χ2v) is 4.38. The van der Waals surface area contributed by atoms with Gasteiger partial charge in [0.05, 0.1) is 13.2 Å². The van der Waals surface area contributed by atoms with Crippen molar-refractivity contribution < 1.29 is 9.47 Å². The molecule has 0 radical (unpaired) electrons. The molecule has 0 aliphatic carbocycles. The van der Waals surface area contributed by atoms with E-state index in [1.54, 1.807) is 7.11 Å². The molecule has 0 spiro atoms. The maximum absolute atomic E-state index is 5.61. The number of methoxy groups -OCH3 is 1. The molecule has 1 heterocycles. The van der Waals surface area contributed by atoms with Crippen LogP contribution in [0.25, 0.3) is 0 Å². The van der Waals surface area contributed by atoms with E-state index >= 15 is 0 Å². The third kappa shape index (κ3) is 3.24. The van der Waals surface area contributed by atoms with Gasteiger partial charge in [0, 0.05) is 6.61 Å². The van der Waals surface area contributed by atoms with Crippen LogP contribution < -0.4 is 4.74 Å². The number of hydrogen-bond acceptors (Lipinski definition) is 2. The predicted molar refractivity (Wildman–Crippen MR) is 64.9 cm³/mol. The fourth-order valence-corrected chi connectivity index (χ4v) is 2.20. The first-order valence-electron chi connectivity index (χ1n) is 6.13. The standard InChI is InChI=1S/C14H20O2/c1-15-13-9-7-12(8-10-13)4-2-5-14-6-3-11-16-14/h7-10,14H,2-6,11H2,1H3. The molecular formula is C14H20O2. The molecule has 0 saturated carbocycles. The first-order valence-corrected chi connectivity index (χ1v) is 6.13. The first kappa shape index (κ1) is 11.5. The van der Waals surface area contributed by atoms with Gasteiger partial charge in [0.25, 0.3) is 0 Å². The number of benzene rings is 1. The van der Waals surface area contributed by atoms with Gasteiger partial charge < -0.3 is 9.47 Å². The second-order valence-electron chi connectivity index (χ2n) is 4.38. The van der Waals surface area contributed by atoms with Crippen molar-refractivity contribution in [2.45, 2.75) is 38.2 Å². The number of rotatable bonds is 5. The van der Waals surface area contributed by atoms with E-state index in [4.69, 9.17) is 9.47 Å². The van der Waals surface area contributed by atoms with E-state index in [0.29, 0.717) is 6.10 Å². The molecule has 1 fully saturated rings. The summed E-state index contributed by atoms with van der Waals surface area (Å²) < 4.78 is 10.7. The van der Waals surface area contributed by atoms with Crippen LogP contribution >= 0.6 is 0 Å². The first-order chi connectivity index (χ1) is 7.88. The topological polar surface area (TPSA) is 18.5 Å². The Morgan fingerprint density at radius 3 is 2.75 bits per heavy atom. The van der Waals surface area contributed by atoms with Crippen molar-refractivity contribution in [2.75, 3.05) is 13.7 Å². The van der Waals surface area contributed by atoms with E-state index in [1.165, 1.54) is 31.2 Å². The second kappa shape index (κ2) is 5.90. The summed E-state index contributed by atoms with van der Waals surface area (Å²) in [7, 11) is 1.70. The molecule has 88 valence electrons. The molecule has 1 aliphatic rings. The summed E-state index contributed by atoms with van der Waals surface area (Å²) in [5, 5.41) is 0. The number of hydrogen-bond donors (Lipinski definition) is 0. The highest BCUT2D eigenvalue weighted by atomic mass is 16.5. The lowest BCUT2D eigenvalue weighted by Gasteiger charge is -2.08. The van der Waals surface area contributed by atoms with Crippen LogP contribution in [0.2, 0.25) is 0 Å². The van der Waals surface area contributed by atoms with Crippen molar-refractivity contribution in [2.24, 2.45) is 0 Å². The molecule has 1 unspecified atom stereocenters. The molecular weight excluding hydrogens is 200 g/mol. The number of aryl methyl sites for hydroxylation is 1. The van der Waals surface area contributed by atoms with Crippen LogP contribution in [0.3, 0.4) is 0 Å². The molecule has 1 aliphatic heterocycles. The normalized spacial score (nSPS) is 19.9. The zero-order valence-corrected chi connectivity index (χ0v) is 9.95. The van der Waals surface area contributed by atoms with Crippen LogP contribution in [0.5, 0.6) is 5.75 Å². The van der Waals surface area contributed by atoms with Gasteiger partial charge in [-0.05, 0) is 49.8 Å². The summed E-state index contributed by atoms with van der Waals surface area (Å²) in [6.07, 6.45) is 6.58. The van der Waals surface area contributed by atoms with E-state index < -0.39 is 0 Å². The van der Waals surface area contributed by atoms with Crippen LogP contribution in [-0.4, -0.2) is 19.8 Å². The van der Waals surface area contributed by atoms with Crippen LogP contribution in [0.1, 0.15) is 31.2 Å². The zero-order chi connectivity index (χ0) is 11.2. The highest BCUT2D eigenvalue weighted by Gasteiger charge is 2.14. The Hall–Kier alpha value is -1.02. The third-order valence-corrected chi connectivity index (χ3v) is 3.17. The van der Waals surface area contributed by atoms with Crippen LogP contribution in [-0.2, 0) is 11.2 Å². The van der Waals surface area contributed by atoms with Crippen molar-refractivity contribution in [1.29, 1.82) is 0 Å². The Bertz CT molecular complexity index is 299. The molecule has 2 heteroatoms. The lowest BCUT2D eigenvalue weighted by molar-refractivity contribution is 0.102. The summed E-state index contributed by atoms with van der Waals surface area (Å²) in [6.45, 7) is 0.965. The molecule has 2 nitrogen and oxygen atoms in total. The lowest BCUT2D eigenvalue weighted by atomic mass is 10.0. The average Bonchev–Trinajstić information content (AvgIpc) is 2.83. The van der Waals surface area contributed by atoms with Gasteiger partial charge in [-0.3, -0.25) is 0 Å². The fraction of sp³-hybridized carbons (Fsp3) is 0.571. The quantitative estimate of drug-likeness (QED) is 0.758. The molecule has 1 aromatic carbocycles. The number of ether oxygens (including phenoxy) is 2. The van der Waals surface area contributed by atoms with Crippen molar-refractivity contribution >= 4 is 0 Å². The van der Waals surface area contributed by atoms with Crippen molar-refractivity contribution in [3.63, 3.8) is 0 Å². The van der Waals surface area contributed by atoms with Gasteiger partial charge in [-0.15, -0.1) is 0 Å². The van der Waals surface area contributed by atoms with Crippen LogP contribution in [0, 0.1) is 0 Å². The van der Waals surface area contributed by atoms with Crippen molar-refractivity contribution in [3.05, 3.63) is 29.8 Å². The Morgan fingerprint density at radius 1 is 1.31 bits per heavy atom. The highest BCUT2D eigenvalue weighted by molar-refractivity contribution is 5.27. The Balaban J connectivity index is 1.71. The smallest absolute Gasteiger partial charge is 0.118 e.